The summed E-state index contributed by atoms with van der Waals surface area (Å²) in [5.41, 5.74) is 0.334. The molecule has 1 aromatic carbocycles. The molecule has 2 unspecified atom stereocenters. The van der Waals surface area contributed by atoms with Crippen molar-refractivity contribution in [2.75, 3.05) is 5.32 Å². The Bertz CT molecular complexity index is 545. The molecule has 100 valence electrons. The second kappa shape index (κ2) is 4.85. The van der Waals surface area contributed by atoms with Gasteiger partial charge in [-0.2, -0.15) is 0 Å². The monoisotopic (exact) mass is 272 g/mol. The van der Waals surface area contributed by atoms with E-state index in [0.717, 1.165) is 25.3 Å². The van der Waals surface area contributed by atoms with Crippen LogP contribution in [0.4, 0.5) is 10.1 Å². The maximum atomic E-state index is 13.8. The van der Waals surface area contributed by atoms with Gasteiger partial charge in [0.05, 0.1) is 10.6 Å². The van der Waals surface area contributed by atoms with E-state index < -0.39 is 15.8 Å². The first-order chi connectivity index (χ1) is 8.38. The van der Waals surface area contributed by atoms with Crippen LogP contribution < -0.4 is 10.5 Å². The number of anilines is 1. The molecule has 0 amide bonds. The van der Waals surface area contributed by atoms with Crippen molar-refractivity contribution in [1.82, 2.24) is 0 Å². The van der Waals surface area contributed by atoms with Crippen molar-refractivity contribution in [2.45, 2.75) is 37.1 Å². The zero-order valence-electron chi connectivity index (χ0n) is 10.2. The predicted molar refractivity (Wildman–Crippen MR) is 68.2 cm³/mol. The second-order valence-electron chi connectivity index (χ2n) is 4.85. The van der Waals surface area contributed by atoms with Gasteiger partial charge >= 0.3 is 0 Å². The van der Waals surface area contributed by atoms with Crippen LogP contribution in [0.1, 0.15) is 26.2 Å². The van der Waals surface area contributed by atoms with Gasteiger partial charge in [0.25, 0.3) is 0 Å². The summed E-state index contributed by atoms with van der Waals surface area (Å²) in [6.45, 7) is 2.13. The maximum absolute atomic E-state index is 13.8. The topological polar surface area (TPSA) is 72.2 Å². The fourth-order valence-corrected chi connectivity index (χ4v) is 2.87. The summed E-state index contributed by atoms with van der Waals surface area (Å²) < 4.78 is 35.9. The van der Waals surface area contributed by atoms with Gasteiger partial charge in [-0.05, 0) is 37.0 Å². The molecule has 0 bridgehead atoms. The molecule has 0 heterocycles. The highest BCUT2D eigenvalue weighted by atomic mass is 32.2. The Labute approximate surface area is 106 Å². The third-order valence-electron chi connectivity index (χ3n) is 3.47. The van der Waals surface area contributed by atoms with Gasteiger partial charge in [0.15, 0.2) is 0 Å². The van der Waals surface area contributed by atoms with Crippen LogP contribution in [0.15, 0.2) is 23.1 Å². The quantitative estimate of drug-likeness (QED) is 0.884. The minimum Gasteiger partial charge on any atom is -0.380 e. The average molecular weight is 272 g/mol. The Balaban J connectivity index is 2.20. The molecule has 1 fully saturated rings. The summed E-state index contributed by atoms with van der Waals surface area (Å²) in [4.78, 5) is -0.204. The molecule has 0 saturated heterocycles. The molecule has 2 atom stereocenters. The van der Waals surface area contributed by atoms with E-state index >= 15 is 0 Å². The van der Waals surface area contributed by atoms with Gasteiger partial charge in [0.1, 0.15) is 5.82 Å². The summed E-state index contributed by atoms with van der Waals surface area (Å²) in [5.74, 6) is -0.0806. The molecule has 1 aromatic rings. The number of halogens is 1. The van der Waals surface area contributed by atoms with Crippen molar-refractivity contribution in [3.63, 3.8) is 0 Å². The third-order valence-corrected chi connectivity index (χ3v) is 4.38. The average Bonchev–Trinajstić information content (AvgIpc) is 2.66. The summed E-state index contributed by atoms with van der Waals surface area (Å²) in [7, 11) is -3.85. The molecule has 6 heteroatoms. The lowest BCUT2D eigenvalue weighted by Gasteiger charge is -2.19. The number of rotatable bonds is 3. The lowest BCUT2D eigenvalue weighted by Crippen LogP contribution is -2.22. The van der Waals surface area contributed by atoms with E-state index in [9.17, 15) is 12.8 Å². The molecule has 4 nitrogen and oxygen atoms in total. The van der Waals surface area contributed by atoms with E-state index in [-0.39, 0.29) is 10.9 Å². The Morgan fingerprint density at radius 1 is 1.39 bits per heavy atom. The Morgan fingerprint density at radius 2 is 2.11 bits per heavy atom. The molecule has 18 heavy (non-hydrogen) atoms. The second-order valence-corrected chi connectivity index (χ2v) is 6.41. The smallest absolute Gasteiger partial charge is 0.238 e. The van der Waals surface area contributed by atoms with Crippen LogP contribution >= 0.6 is 0 Å². The Kier molecular flexibility index (Phi) is 3.59. The SMILES string of the molecule is CC1CCCC1Nc1ccc(S(N)(=O)=O)cc1F. The third kappa shape index (κ3) is 2.81. The van der Waals surface area contributed by atoms with Crippen LogP contribution in [0, 0.1) is 11.7 Å². The molecule has 1 aliphatic carbocycles. The Hall–Kier alpha value is -1.14. The lowest BCUT2D eigenvalue weighted by atomic mass is 10.1. The minimum absolute atomic E-state index is 0.204. The largest absolute Gasteiger partial charge is 0.380 e. The van der Waals surface area contributed by atoms with Crippen molar-refractivity contribution in [1.29, 1.82) is 0 Å². The molecular weight excluding hydrogens is 255 g/mol. The van der Waals surface area contributed by atoms with Crippen LogP contribution in [0.5, 0.6) is 0 Å². The molecule has 1 saturated carbocycles. The lowest BCUT2D eigenvalue weighted by molar-refractivity contribution is 0.548. The van der Waals surface area contributed by atoms with E-state index in [0.29, 0.717) is 11.6 Å². The molecular formula is C12H17FN2O2S. The number of primary sulfonamides is 1. The summed E-state index contributed by atoms with van der Waals surface area (Å²) in [6.07, 6.45) is 3.28. The first kappa shape index (κ1) is 13.3. The van der Waals surface area contributed by atoms with E-state index in [1.54, 1.807) is 0 Å². The predicted octanol–water partition coefficient (Wildman–Crippen LogP) is 2.07. The van der Waals surface area contributed by atoms with Gasteiger partial charge in [0, 0.05) is 6.04 Å². The number of sulfonamides is 1. The molecule has 3 N–H and O–H groups in total. The summed E-state index contributed by atoms with van der Waals surface area (Å²) >= 11 is 0. The standard InChI is InChI=1S/C12H17FN2O2S/c1-8-3-2-4-11(8)15-12-6-5-9(7-10(12)13)18(14,16)17/h5-8,11,15H,2-4H2,1H3,(H2,14,16,17). The minimum atomic E-state index is -3.85. The van der Waals surface area contributed by atoms with Gasteiger partial charge in [-0.15, -0.1) is 0 Å². The number of hydrogen-bond donors (Lipinski definition) is 2. The number of benzene rings is 1. The van der Waals surface area contributed by atoms with Gasteiger partial charge in [-0.1, -0.05) is 13.3 Å². The maximum Gasteiger partial charge on any atom is 0.238 e. The number of hydrogen-bond acceptors (Lipinski definition) is 3. The van der Waals surface area contributed by atoms with Crippen LogP contribution in [-0.2, 0) is 10.0 Å². The van der Waals surface area contributed by atoms with Gasteiger partial charge < -0.3 is 5.32 Å². The van der Waals surface area contributed by atoms with E-state index in [4.69, 9.17) is 5.14 Å². The molecule has 1 aliphatic rings. The van der Waals surface area contributed by atoms with Crippen LogP contribution in [-0.4, -0.2) is 14.5 Å². The highest BCUT2D eigenvalue weighted by Crippen LogP contribution is 2.29. The summed E-state index contributed by atoms with van der Waals surface area (Å²) in [5, 5.41) is 8.07. The van der Waals surface area contributed by atoms with Crippen molar-refractivity contribution >= 4 is 15.7 Å². The fourth-order valence-electron chi connectivity index (χ4n) is 2.35. The Morgan fingerprint density at radius 3 is 2.61 bits per heavy atom. The highest BCUT2D eigenvalue weighted by Gasteiger charge is 2.24. The molecule has 0 radical (unpaired) electrons. The highest BCUT2D eigenvalue weighted by molar-refractivity contribution is 7.89. The van der Waals surface area contributed by atoms with Crippen LogP contribution in [0.25, 0.3) is 0 Å². The number of nitrogens with one attached hydrogen (secondary N) is 1. The molecule has 2 rings (SSSR count). The molecule has 0 aromatic heterocycles. The van der Waals surface area contributed by atoms with E-state index in [1.165, 1.54) is 12.1 Å². The molecule has 0 spiro atoms. The van der Waals surface area contributed by atoms with Crippen LogP contribution in [0.2, 0.25) is 0 Å². The zero-order chi connectivity index (χ0) is 13.3. The first-order valence-corrected chi connectivity index (χ1v) is 7.51. The first-order valence-electron chi connectivity index (χ1n) is 5.97. The van der Waals surface area contributed by atoms with Crippen molar-refractivity contribution in [3.8, 4) is 0 Å². The van der Waals surface area contributed by atoms with E-state index in [1.807, 2.05) is 0 Å². The van der Waals surface area contributed by atoms with Gasteiger partial charge in [-0.25, -0.2) is 17.9 Å². The van der Waals surface area contributed by atoms with Crippen molar-refractivity contribution < 1.29 is 12.8 Å². The van der Waals surface area contributed by atoms with E-state index in [2.05, 4.69) is 12.2 Å². The summed E-state index contributed by atoms with van der Waals surface area (Å²) in [6, 6.07) is 3.96. The normalized spacial score (nSPS) is 24.2. The van der Waals surface area contributed by atoms with Crippen LogP contribution in [0.3, 0.4) is 0 Å². The zero-order valence-corrected chi connectivity index (χ0v) is 11.0. The van der Waals surface area contributed by atoms with Gasteiger partial charge in [0.2, 0.25) is 10.0 Å². The fraction of sp³-hybridized carbons (Fsp3) is 0.500. The molecule has 0 aliphatic heterocycles. The van der Waals surface area contributed by atoms with Crippen molar-refractivity contribution in [3.05, 3.63) is 24.0 Å². The van der Waals surface area contributed by atoms with Crippen molar-refractivity contribution in [2.24, 2.45) is 11.1 Å². The number of nitrogens with two attached hydrogens (primary N) is 1. The van der Waals surface area contributed by atoms with Gasteiger partial charge in [-0.3, -0.25) is 0 Å².